The van der Waals surface area contributed by atoms with Crippen LogP contribution in [-0.2, 0) is 0 Å². The van der Waals surface area contributed by atoms with Crippen molar-refractivity contribution < 1.29 is 9.66 Å². The molecule has 5 nitrogen and oxygen atoms in total. The summed E-state index contributed by atoms with van der Waals surface area (Å²) in [5, 5.41) is 10.7. The molecule has 0 aromatic heterocycles. The second-order valence-electron chi connectivity index (χ2n) is 4.33. The number of hydrogen-bond acceptors (Lipinski definition) is 4. The number of nitro benzene ring substituents is 1. The van der Waals surface area contributed by atoms with E-state index in [0.29, 0.717) is 22.7 Å². The predicted octanol–water partition coefficient (Wildman–Crippen LogP) is 3.59. The standard InChI is InChI=1S/C14H14N2O3/c1-9-8-12(4-5-13(9)15)19-14-6-3-11(16(17)18)7-10(14)2/h3-8H,15H2,1-2H3. The largest absolute Gasteiger partial charge is 0.457 e. The van der Waals surface area contributed by atoms with Crippen molar-refractivity contribution in [2.75, 3.05) is 5.73 Å². The molecule has 0 unspecified atom stereocenters. The van der Waals surface area contributed by atoms with Gasteiger partial charge in [0.15, 0.2) is 0 Å². The first-order valence-electron chi connectivity index (χ1n) is 5.76. The first-order valence-corrected chi connectivity index (χ1v) is 5.76. The van der Waals surface area contributed by atoms with Gasteiger partial charge in [-0.2, -0.15) is 0 Å². The molecule has 5 heteroatoms. The quantitative estimate of drug-likeness (QED) is 0.518. The minimum absolute atomic E-state index is 0.0540. The van der Waals surface area contributed by atoms with Crippen molar-refractivity contribution in [3.8, 4) is 11.5 Å². The molecule has 0 spiro atoms. The number of nitrogens with two attached hydrogens (primary N) is 1. The zero-order chi connectivity index (χ0) is 14.0. The molecule has 0 bridgehead atoms. The van der Waals surface area contributed by atoms with Crippen LogP contribution in [0, 0.1) is 24.0 Å². The number of nitrogen functional groups attached to an aromatic ring is 1. The number of aryl methyl sites for hydroxylation is 2. The van der Waals surface area contributed by atoms with Crippen LogP contribution in [0.15, 0.2) is 36.4 Å². The zero-order valence-corrected chi connectivity index (χ0v) is 10.7. The fourth-order valence-electron chi connectivity index (χ4n) is 1.70. The molecule has 2 N–H and O–H groups in total. The normalized spacial score (nSPS) is 10.2. The Bertz CT molecular complexity index is 639. The molecule has 0 amide bonds. The van der Waals surface area contributed by atoms with Gasteiger partial charge in [-0.3, -0.25) is 10.1 Å². The second kappa shape index (κ2) is 4.97. The van der Waals surface area contributed by atoms with Crippen molar-refractivity contribution in [2.24, 2.45) is 0 Å². The Labute approximate surface area is 110 Å². The van der Waals surface area contributed by atoms with E-state index in [0.717, 1.165) is 5.56 Å². The molecule has 0 saturated heterocycles. The average Bonchev–Trinajstić information content (AvgIpc) is 2.36. The van der Waals surface area contributed by atoms with Gasteiger partial charge in [0.2, 0.25) is 0 Å². The molecule has 0 radical (unpaired) electrons. The highest BCUT2D eigenvalue weighted by atomic mass is 16.6. The predicted molar refractivity (Wildman–Crippen MR) is 73.5 cm³/mol. The molecule has 0 aliphatic heterocycles. The Balaban J connectivity index is 2.28. The van der Waals surface area contributed by atoms with Crippen LogP contribution < -0.4 is 10.5 Å². The van der Waals surface area contributed by atoms with Crippen LogP contribution in [0.5, 0.6) is 11.5 Å². The lowest BCUT2D eigenvalue weighted by Gasteiger charge is -2.10. The molecule has 98 valence electrons. The van der Waals surface area contributed by atoms with Crippen molar-refractivity contribution in [1.82, 2.24) is 0 Å². The summed E-state index contributed by atoms with van der Waals surface area (Å²) >= 11 is 0. The lowest BCUT2D eigenvalue weighted by molar-refractivity contribution is -0.384. The summed E-state index contributed by atoms with van der Waals surface area (Å²) in [6, 6.07) is 9.87. The number of hydrogen-bond donors (Lipinski definition) is 1. The zero-order valence-electron chi connectivity index (χ0n) is 10.7. The first-order chi connectivity index (χ1) is 8.97. The van der Waals surface area contributed by atoms with Crippen LogP contribution in [0.1, 0.15) is 11.1 Å². The van der Waals surface area contributed by atoms with Gasteiger partial charge in [0, 0.05) is 17.8 Å². The molecule has 2 aromatic carbocycles. The lowest BCUT2D eigenvalue weighted by Crippen LogP contribution is -1.93. The SMILES string of the molecule is Cc1cc(Oc2ccc([N+](=O)[O-])cc2C)ccc1N. The molecule has 0 aliphatic carbocycles. The monoisotopic (exact) mass is 258 g/mol. The van der Waals surface area contributed by atoms with Gasteiger partial charge >= 0.3 is 0 Å². The van der Waals surface area contributed by atoms with Gasteiger partial charge in [0.05, 0.1) is 4.92 Å². The number of rotatable bonds is 3. The van der Waals surface area contributed by atoms with E-state index in [9.17, 15) is 10.1 Å². The number of nitro groups is 1. The summed E-state index contributed by atoms with van der Waals surface area (Å²) in [5.41, 5.74) is 8.13. The third kappa shape index (κ3) is 2.82. The van der Waals surface area contributed by atoms with E-state index < -0.39 is 4.92 Å². The molecule has 0 saturated carbocycles. The molecule has 0 aliphatic rings. The maximum Gasteiger partial charge on any atom is 0.269 e. The summed E-state index contributed by atoms with van der Waals surface area (Å²) in [6.07, 6.45) is 0. The van der Waals surface area contributed by atoms with Crippen LogP contribution in [0.2, 0.25) is 0 Å². The van der Waals surface area contributed by atoms with Gasteiger partial charge in [0.1, 0.15) is 11.5 Å². The fraction of sp³-hybridized carbons (Fsp3) is 0.143. The molecule has 19 heavy (non-hydrogen) atoms. The van der Waals surface area contributed by atoms with Gasteiger partial charge in [-0.1, -0.05) is 0 Å². The minimum atomic E-state index is -0.426. The topological polar surface area (TPSA) is 78.4 Å². The smallest absolute Gasteiger partial charge is 0.269 e. The number of non-ortho nitro benzene ring substituents is 1. The van der Waals surface area contributed by atoms with Crippen molar-refractivity contribution in [3.63, 3.8) is 0 Å². The molecule has 2 aromatic rings. The first kappa shape index (κ1) is 12.9. The van der Waals surface area contributed by atoms with Crippen LogP contribution in [0.25, 0.3) is 0 Å². The molecule has 2 rings (SSSR count). The van der Waals surface area contributed by atoms with Crippen LogP contribution in [0.4, 0.5) is 11.4 Å². The van der Waals surface area contributed by atoms with E-state index in [1.54, 1.807) is 25.1 Å². The summed E-state index contributed by atoms with van der Waals surface area (Å²) in [7, 11) is 0. The highest BCUT2D eigenvalue weighted by Gasteiger charge is 2.09. The third-order valence-electron chi connectivity index (χ3n) is 2.84. The van der Waals surface area contributed by atoms with Crippen molar-refractivity contribution in [1.29, 1.82) is 0 Å². The molecular formula is C14H14N2O3. The Morgan fingerprint density at radius 2 is 1.84 bits per heavy atom. The van der Waals surface area contributed by atoms with Gasteiger partial charge < -0.3 is 10.5 Å². The van der Waals surface area contributed by atoms with Gasteiger partial charge in [-0.15, -0.1) is 0 Å². The van der Waals surface area contributed by atoms with Crippen LogP contribution >= 0.6 is 0 Å². The van der Waals surface area contributed by atoms with E-state index in [4.69, 9.17) is 10.5 Å². The number of benzene rings is 2. The van der Waals surface area contributed by atoms with E-state index in [1.807, 2.05) is 13.0 Å². The van der Waals surface area contributed by atoms with Crippen molar-refractivity contribution in [3.05, 3.63) is 57.6 Å². The number of nitrogens with zero attached hydrogens (tertiary/aromatic N) is 1. The second-order valence-corrected chi connectivity index (χ2v) is 4.33. The maximum atomic E-state index is 10.7. The number of ether oxygens (including phenoxy) is 1. The Hall–Kier alpha value is -2.56. The maximum absolute atomic E-state index is 10.7. The van der Waals surface area contributed by atoms with Crippen LogP contribution in [-0.4, -0.2) is 4.92 Å². The summed E-state index contributed by atoms with van der Waals surface area (Å²) in [5.74, 6) is 1.25. The lowest BCUT2D eigenvalue weighted by atomic mass is 10.2. The third-order valence-corrected chi connectivity index (χ3v) is 2.84. The summed E-state index contributed by atoms with van der Waals surface area (Å²) in [6.45, 7) is 3.66. The van der Waals surface area contributed by atoms with Gasteiger partial charge in [-0.05, 0) is 49.2 Å². The van der Waals surface area contributed by atoms with E-state index in [2.05, 4.69) is 0 Å². The Morgan fingerprint density at radius 3 is 2.42 bits per heavy atom. The van der Waals surface area contributed by atoms with E-state index in [-0.39, 0.29) is 5.69 Å². The highest BCUT2D eigenvalue weighted by molar-refractivity contribution is 5.51. The summed E-state index contributed by atoms with van der Waals surface area (Å²) < 4.78 is 5.70. The highest BCUT2D eigenvalue weighted by Crippen LogP contribution is 2.29. The molecular weight excluding hydrogens is 244 g/mol. The molecule has 0 atom stereocenters. The Morgan fingerprint density at radius 1 is 1.11 bits per heavy atom. The van der Waals surface area contributed by atoms with E-state index in [1.165, 1.54) is 12.1 Å². The van der Waals surface area contributed by atoms with Gasteiger partial charge in [-0.25, -0.2) is 0 Å². The van der Waals surface area contributed by atoms with Crippen molar-refractivity contribution >= 4 is 11.4 Å². The van der Waals surface area contributed by atoms with E-state index >= 15 is 0 Å². The van der Waals surface area contributed by atoms with Gasteiger partial charge in [0.25, 0.3) is 5.69 Å². The number of anilines is 1. The van der Waals surface area contributed by atoms with Crippen LogP contribution in [0.3, 0.4) is 0 Å². The molecule has 0 fully saturated rings. The molecule has 0 heterocycles. The average molecular weight is 258 g/mol. The fourth-order valence-corrected chi connectivity index (χ4v) is 1.70. The minimum Gasteiger partial charge on any atom is -0.457 e. The Kier molecular flexibility index (Phi) is 3.37. The summed E-state index contributed by atoms with van der Waals surface area (Å²) in [4.78, 5) is 10.2. The van der Waals surface area contributed by atoms with Crippen molar-refractivity contribution in [2.45, 2.75) is 13.8 Å².